The molecule has 0 unspecified atom stereocenters. The van der Waals surface area contributed by atoms with Crippen LogP contribution in [0.4, 0.5) is 0 Å². The van der Waals surface area contributed by atoms with Crippen LogP contribution >= 0.6 is 0 Å². The van der Waals surface area contributed by atoms with Gasteiger partial charge < -0.3 is 4.42 Å². The fraction of sp³-hybridized carbons (Fsp3) is 0. The molecule has 5 nitrogen and oxygen atoms in total. The van der Waals surface area contributed by atoms with Gasteiger partial charge in [-0.1, -0.05) is 42.5 Å². The summed E-state index contributed by atoms with van der Waals surface area (Å²) >= 11 is 0. The van der Waals surface area contributed by atoms with Crippen molar-refractivity contribution in [2.75, 3.05) is 0 Å². The molecule has 5 rings (SSSR count). The van der Waals surface area contributed by atoms with Gasteiger partial charge in [-0.15, -0.1) is 0 Å². The van der Waals surface area contributed by atoms with Gasteiger partial charge in [-0.05, 0) is 48.6 Å². The Kier molecular flexibility index (Phi) is 4.33. The van der Waals surface area contributed by atoms with Crippen molar-refractivity contribution in [2.45, 2.75) is 0 Å². The average Bonchev–Trinajstić information content (AvgIpc) is 2.79. The fourth-order valence-electron chi connectivity index (χ4n) is 3.46. The number of nitrogens with zero attached hydrogens (tertiary/aromatic N) is 2. The maximum Gasteiger partial charge on any atom is 0.266 e. The Morgan fingerprint density at radius 2 is 1.47 bits per heavy atom. The largest absolute Gasteiger partial charge is 0.463 e. The lowest BCUT2D eigenvalue weighted by Gasteiger charge is -2.11. The van der Waals surface area contributed by atoms with E-state index in [1.807, 2.05) is 48.5 Å². The predicted octanol–water partition coefficient (Wildman–Crippen LogP) is 4.66. The molecule has 3 aromatic carbocycles. The van der Waals surface area contributed by atoms with Crippen LogP contribution in [0.2, 0.25) is 0 Å². The quantitative estimate of drug-likeness (QED) is 0.448. The summed E-state index contributed by atoms with van der Waals surface area (Å²) in [7, 11) is 0. The lowest BCUT2D eigenvalue weighted by Crippen LogP contribution is -2.22. The van der Waals surface area contributed by atoms with E-state index in [4.69, 9.17) is 4.42 Å². The predicted molar refractivity (Wildman–Crippen MR) is 119 cm³/mol. The van der Waals surface area contributed by atoms with Gasteiger partial charge in [-0.2, -0.15) is 0 Å². The summed E-state index contributed by atoms with van der Waals surface area (Å²) in [4.78, 5) is 30.7. The van der Waals surface area contributed by atoms with E-state index >= 15 is 0 Å². The minimum absolute atomic E-state index is 0.137. The Labute approximate surface area is 171 Å². The van der Waals surface area contributed by atoms with Crippen LogP contribution in [0, 0.1) is 0 Å². The van der Waals surface area contributed by atoms with E-state index in [1.165, 1.54) is 6.26 Å². The van der Waals surface area contributed by atoms with E-state index in [1.54, 1.807) is 47.1 Å². The molecule has 0 atom stereocenters. The third-order valence-corrected chi connectivity index (χ3v) is 4.93. The molecule has 0 radical (unpaired) electrons. The molecule has 0 N–H and O–H groups in total. The van der Waals surface area contributed by atoms with Crippen LogP contribution in [0.1, 0.15) is 11.4 Å². The Balaban J connectivity index is 1.72. The van der Waals surface area contributed by atoms with Crippen molar-refractivity contribution in [1.82, 2.24) is 9.55 Å². The molecule has 0 spiro atoms. The molecule has 0 aliphatic carbocycles. The molecule has 0 fully saturated rings. The molecular formula is C25H16N2O3. The average molecular weight is 392 g/mol. The van der Waals surface area contributed by atoms with Gasteiger partial charge in [0.2, 0.25) is 0 Å². The zero-order chi connectivity index (χ0) is 20.5. The van der Waals surface area contributed by atoms with E-state index < -0.39 is 0 Å². The zero-order valence-corrected chi connectivity index (χ0v) is 15.9. The van der Waals surface area contributed by atoms with E-state index in [2.05, 4.69) is 4.98 Å². The first-order valence-corrected chi connectivity index (χ1v) is 9.48. The number of benzene rings is 3. The highest BCUT2D eigenvalue weighted by Gasteiger charge is 2.11. The lowest BCUT2D eigenvalue weighted by molar-refractivity contribution is 0.601. The Morgan fingerprint density at radius 1 is 0.767 bits per heavy atom. The first kappa shape index (κ1) is 17.8. The summed E-state index contributed by atoms with van der Waals surface area (Å²) in [5, 5.41) is 1.04. The van der Waals surface area contributed by atoms with Crippen molar-refractivity contribution in [3.8, 4) is 5.69 Å². The molecule has 0 aliphatic rings. The monoisotopic (exact) mass is 392 g/mol. The third kappa shape index (κ3) is 3.02. The van der Waals surface area contributed by atoms with Crippen molar-refractivity contribution in [3.63, 3.8) is 0 Å². The first-order valence-electron chi connectivity index (χ1n) is 9.48. The molecule has 0 bridgehead atoms. The van der Waals surface area contributed by atoms with E-state index in [-0.39, 0.29) is 11.0 Å². The Bertz CT molecular complexity index is 1530. The van der Waals surface area contributed by atoms with Crippen LogP contribution < -0.4 is 11.0 Å². The molecule has 30 heavy (non-hydrogen) atoms. The van der Waals surface area contributed by atoms with Gasteiger partial charge >= 0.3 is 0 Å². The summed E-state index contributed by atoms with van der Waals surface area (Å²) in [5.41, 5.74) is 1.91. The highest BCUT2D eigenvalue weighted by molar-refractivity contribution is 5.82. The molecule has 0 amide bonds. The summed E-state index contributed by atoms with van der Waals surface area (Å²) < 4.78 is 7.12. The summed E-state index contributed by atoms with van der Waals surface area (Å²) in [6.07, 6.45) is 4.73. The van der Waals surface area contributed by atoms with Gasteiger partial charge in [-0.25, -0.2) is 4.98 Å². The number of fused-ring (bicyclic) bond motifs is 2. The normalized spacial score (nSPS) is 11.5. The standard InChI is InChI=1S/C25H16N2O3/c28-24-17(16-30-22-13-7-5-11-20(22)24)14-15-23-26-21-12-6-4-10-19(21)25(29)27(23)18-8-2-1-3-9-18/h1-16H/b15-14+. The van der Waals surface area contributed by atoms with E-state index in [0.717, 1.165) is 0 Å². The molecule has 0 saturated heterocycles. The molecule has 0 saturated carbocycles. The molecule has 2 aromatic heterocycles. The van der Waals surface area contributed by atoms with Crippen LogP contribution in [0.3, 0.4) is 0 Å². The first-order chi connectivity index (χ1) is 14.7. The van der Waals surface area contributed by atoms with Crippen LogP contribution in [0.5, 0.6) is 0 Å². The minimum Gasteiger partial charge on any atom is -0.463 e. The fourth-order valence-corrected chi connectivity index (χ4v) is 3.46. The minimum atomic E-state index is -0.169. The summed E-state index contributed by atoms with van der Waals surface area (Å²) in [6, 6.07) is 23.6. The van der Waals surface area contributed by atoms with Gasteiger partial charge in [0.15, 0.2) is 5.43 Å². The van der Waals surface area contributed by atoms with E-state index in [0.29, 0.717) is 38.9 Å². The highest BCUT2D eigenvalue weighted by Crippen LogP contribution is 2.16. The van der Waals surface area contributed by atoms with Gasteiger partial charge in [0, 0.05) is 0 Å². The SMILES string of the molecule is O=c1c(/C=C/c2nc3ccccc3c(=O)n2-c2ccccc2)coc2ccccc12. The smallest absolute Gasteiger partial charge is 0.266 e. The highest BCUT2D eigenvalue weighted by atomic mass is 16.3. The van der Waals surface area contributed by atoms with Gasteiger partial charge in [0.1, 0.15) is 17.7 Å². The number of para-hydroxylation sites is 3. The van der Waals surface area contributed by atoms with E-state index in [9.17, 15) is 9.59 Å². The second-order valence-electron chi connectivity index (χ2n) is 6.81. The number of rotatable bonds is 3. The maximum atomic E-state index is 13.2. The van der Waals surface area contributed by atoms with Crippen molar-refractivity contribution < 1.29 is 4.42 Å². The number of hydrogen-bond acceptors (Lipinski definition) is 4. The molecule has 2 heterocycles. The molecular weight excluding hydrogens is 376 g/mol. The van der Waals surface area contributed by atoms with Crippen LogP contribution in [0.15, 0.2) is 99.1 Å². The second kappa shape index (κ2) is 7.29. The topological polar surface area (TPSA) is 65.1 Å². The number of aromatic nitrogens is 2. The summed E-state index contributed by atoms with van der Waals surface area (Å²) in [6.45, 7) is 0. The summed E-state index contributed by atoms with van der Waals surface area (Å²) in [5.74, 6) is 0.428. The van der Waals surface area contributed by atoms with Crippen LogP contribution in [-0.2, 0) is 0 Å². The van der Waals surface area contributed by atoms with Gasteiger partial charge in [-0.3, -0.25) is 14.2 Å². The van der Waals surface area contributed by atoms with Crippen molar-refractivity contribution in [2.24, 2.45) is 0 Å². The third-order valence-electron chi connectivity index (χ3n) is 4.93. The Morgan fingerprint density at radius 3 is 2.30 bits per heavy atom. The zero-order valence-electron chi connectivity index (χ0n) is 15.9. The molecule has 5 aromatic rings. The second-order valence-corrected chi connectivity index (χ2v) is 6.81. The van der Waals surface area contributed by atoms with Crippen LogP contribution in [0.25, 0.3) is 39.7 Å². The van der Waals surface area contributed by atoms with Crippen molar-refractivity contribution in [1.29, 1.82) is 0 Å². The lowest BCUT2D eigenvalue weighted by atomic mass is 10.1. The Hall–Kier alpha value is -4.25. The van der Waals surface area contributed by atoms with Crippen LogP contribution in [-0.4, -0.2) is 9.55 Å². The van der Waals surface area contributed by atoms with Crippen molar-refractivity contribution >= 4 is 34.0 Å². The van der Waals surface area contributed by atoms with Gasteiger partial charge in [0.05, 0.1) is 27.5 Å². The van der Waals surface area contributed by atoms with Gasteiger partial charge in [0.25, 0.3) is 5.56 Å². The maximum absolute atomic E-state index is 13.2. The molecule has 5 heteroatoms. The van der Waals surface area contributed by atoms with Crippen molar-refractivity contribution in [3.05, 3.63) is 117 Å². The molecule has 144 valence electrons. The number of hydrogen-bond donors (Lipinski definition) is 0. The molecule has 0 aliphatic heterocycles.